The number of hydrogen-bond donors (Lipinski definition) is 1. The number of anilines is 1. The lowest BCUT2D eigenvalue weighted by molar-refractivity contribution is -0.128. The number of amides is 1. The van der Waals surface area contributed by atoms with Gasteiger partial charge in [0, 0.05) is 25.3 Å². The van der Waals surface area contributed by atoms with Crippen molar-refractivity contribution < 1.29 is 18.7 Å². The fourth-order valence-corrected chi connectivity index (χ4v) is 2.95. The molecule has 0 aromatic heterocycles. The first-order chi connectivity index (χ1) is 13.2. The monoisotopic (exact) mass is 372 g/mol. The lowest BCUT2D eigenvalue weighted by atomic mass is 10.1. The summed E-state index contributed by atoms with van der Waals surface area (Å²) in [5.41, 5.74) is 2.19. The highest BCUT2D eigenvalue weighted by Gasteiger charge is 2.18. The van der Waals surface area contributed by atoms with Gasteiger partial charge >= 0.3 is 0 Å². The minimum atomic E-state index is -0.608. The summed E-state index contributed by atoms with van der Waals surface area (Å²) in [6.45, 7) is 5.62. The Labute approximate surface area is 159 Å². The maximum Gasteiger partial charge on any atom is 0.261 e. The first-order valence-corrected chi connectivity index (χ1v) is 9.27. The van der Waals surface area contributed by atoms with Crippen molar-refractivity contribution in [2.75, 3.05) is 31.2 Å². The lowest BCUT2D eigenvalue weighted by Crippen LogP contribution is -2.37. The third-order valence-corrected chi connectivity index (χ3v) is 4.53. The van der Waals surface area contributed by atoms with Gasteiger partial charge in [-0.3, -0.25) is 4.79 Å². The van der Waals surface area contributed by atoms with E-state index in [9.17, 15) is 9.18 Å². The van der Waals surface area contributed by atoms with Gasteiger partial charge in [0.05, 0.1) is 13.2 Å². The number of hydrogen-bond acceptors (Lipinski definition) is 4. The molecule has 0 saturated carbocycles. The second kappa shape index (κ2) is 9.37. The average molecular weight is 372 g/mol. The number of halogens is 1. The summed E-state index contributed by atoms with van der Waals surface area (Å²) in [5, 5.41) is 2.91. The molecule has 1 aliphatic heterocycles. The van der Waals surface area contributed by atoms with E-state index in [1.807, 2.05) is 19.1 Å². The highest BCUT2D eigenvalue weighted by molar-refractivity contribution is 5.81. The minimum absolute atomic E-state index is 0.181. The molecule has 0 bridgehead atoms. The number of rotatable bonds is 7. The van der Waals surface area contributed by atoms with Crippen LogP contribution in [0.4, 0.5) is 10.1 Å². The number of ether oxygens (including phenoxy) is 2. The molecule has 1 amide bonds. The third-order valence-electron chi connectivity index (χ3n) is 4.53. The Hall–Kier alpha value is -2.60. The van der Waals surface area contributed by atoms with Gasteiger partial charge in [0.1, 0.15) is 11.6 Å². The van der Waals surface area contributed by atoms with Gasteiger partial charge in [0.15, 0.2) is 6.10 Å². The molecule has 3 rings (SSSR count). The molecule has 1 heterocycles. The Morgan fingerprint density at radius 1 is 1.15 bits per heavy atom. The quantitative estimate of drug-likeness (QED) is 0.811. The number of carbonyl (C=O) groups is 1. The van der Waals surface area contributed by atoms with Crippen LogP contribution in [0, 0.1) is 5.82 Å². The summed E-state index contributed by atoms with van der Waals surface area (Å²) in [6.07, 6.45) is -0.0813. The standard InChI is InChI=1S/C21H25FN2O3/c1-2-20(27-19-9-5-17(22)6-10-19)21(25)23-15-16-3-7-18(8-4-16)24-11-13-26-14-12-24/h3-10,20H,2,11-15H2,1H3,(H,23,25). The van der Waals surface area contributed by atoms with Crippen LogP contribution in [0.25, 0.3) is 0 Å². The van der Waals surface area contributed by atoms with Crippen molar-refractivity contribution in [1.82, 2.24) is 5.32 Å². The molecule has 0 radical (unpaired) electrons. The van der Waals surface area contributed by atoms with Gasteiger partial charge in [-0.15, -0.1) is 0 Å². The number of morpholine rings is 1. The molecule has 1 saturated heterocycles. The van der Waals surface area contributed by atoms with Crippen molar-refractivity contribution in [1.29, 1.82) is 0 Å². The average Bonchev–Trinajstić information content (AvgIpc) is 2.72. The molecular formula is C21H25FN2O3. The lowest BCUT2D eigenvalue weighted by Gasteiger charge is -2.29. The van der Waals surface area contributed by atoms with E-state index in [1.165, 1.54) is 30.0 Å². The van der Waals surface area contributed by atoms with E-state index in [-0.39, 0.29) is 11.7 Å². The largest absolute Gasteiger partial charge is 0.481 e. The predicted molar refractivity (Wildman–Crippen MR) is 102 cm³/mol. The molecule has 1 aliphatic rings. The van der Waals surface area contributed by atoms with E-state index in [2.05, 4.69) is 22.3 Å². The molecule has 0 aliphatic carbocycles. The highest BCUT2D eigenvalue weighted by Crippen LogP contribution is 2.17. The highest BCUT2D eigenvalue weighted by atomic mass is 19.1. The van der Waals surface area contributed by atoms with E-state index in [0.717, 1.165) is 31.9 Å². The zero-order chi connectivity index (χ0) is 19.1. The first-order valence-electron chi connectivity index (χ1n) is 9.27. The molecule has 2 aromatic rings. The van der Waals surface area contributed by atoms with Crippen molar-refractivity contribution in [2.45, 2.75) is 26.0 Å². The van der Waals surface area contributed by atoms with Gasteiger partial charge in [-0.05, 0) is 48.4 Å². The molecule has 1 unspecified atom stereocenters. The number of benzene rings is 2. The summed E-state index contributed by atoms with van der Waals surface area (Å²) in [7, 11) is 0. The van der Waals surface area contributed by atoms with Gasteiger partial charge in [-0.2, -0.15) is 0 Å². The number of nitrogens with one attached hydrogen (secondary N) is 1. The molecule has 1 N–H and O–H groups in total. The van der Waals surface area contributed by atoms with Crippen molar-refractivity contribution in [3.05, 3.63) is 59.9 Å². The zero-order valence-corrected chi connectivity index (χ0v) is 15.5. The molecule has 1 fully saturated rings. The molecule has 5 nitrogen and oxygen atoms in total. The minimum Gasteiger partial charge on any atom is -0.481 e. The van der Waals surface area contributed by atoms with Crippen LogP contribution in [-0.2, 0) is 16.1 Å². The molecule has 2 aromatic carbocycles. The second-order valence-electron chi connectivity index (χ2n) is 6.45. The van der Waals surface area contributed by atoms with Gasteiger partial charge < -0.3 is 19.7 Å². The maximum absolute atomic E-state index is 13.0. The van der Waals surface area contributed by atoms with E-state index in [4.69, 9.17) is 9.47 Å². The Morgan fingerprint density at radius 2 is 1.81 bits per heavy atom. The normalized spacial score (nSPS) is 15.3. The van der Waals surface area contributed by atoms with Crippen molar-refractivity contribution in [2.24, 2.45) is 0 Å². The molecule has 1 atom stereocenters. The fraction of sp³-hybridized carbons (Fsp3) is 0.381. The molecule has 27 heavy (non-hydrogen) atoms. The van der Waals surface area contributed by atoms with Gasteiger partial charge in [0.2, 0.25) is 0 Å². The Kier molecular flexibility index (Phi) is 6.65. The van der Waals surface area contributed by atoms with Gasteiger partial charge in [-0.25, -0.2) is 4.39 Å². The van der Waals surface area contributed by atoms with Crippen LogP contribution in [0.5, 0.6) is 5.75 Å². The molecule has 6 heteroatoms. The van der Waals surface area contributed by atoms with Crippen LogP contribution in [0.3, 0.4) is 0 Å². The van der Waals surface area contributed by atoms with Crippen LogP contribution in [-0.4, -0.2) is 38.3 Å². The van der Waals surface area contributed by atoms with Crippen molar-refractivity contribution in [3.63, 3.8) is 0 Å². The second-order valence-corrected chi connectivity index (χ2v) is 6.45. The maximum atomic E-state index is 13.0. The summed E-state index contributed by atoms with van der Waals surface area (Å²) in [5.74, 6) is -0.0345. The summed E-state index contributed by atoms with van der Waals surface area (Å²) in [6, 6.07) is 13.9. The first kappa shape index (κ1) is 19.2. The van der Waals surface area contributed by atoms with Crippen molar-refractivity contribution in [3.8, 4) is 5.75 Å². The Bertz CT molecular complexity index is 728. The van der Waals surface area contributed by atoms with E-state index in [1.54, 1.807) is 0 Å². The fourth-order valence-electron chi connectivity index (χ4n) is 2.95. The van der Waals surface area contributed by atoms with Crippen LogP contribution in [0.2, 0.25) is 0 Å². The predicted octanol–water partition coefficient (Wildman–Crippen LogP) is 3.14. The third kappa shape index (κ3) is 5.44. The summed E-state index contributed by atoms with van der Waals surface area (Å²) in [4.78, 5) is 14.7. The van der Waals surface area contributed by atoms with Gasteiger partial charge in [-0.1, -0.05) is 19.1 Å². The van der Waals surface area contributed by atoms with E-state index in [0.29, 0.717) is 18.7 Å². The SMILES string of the molecule is CCC(Oc1ccc(F)cc1)C(=O)NCc1ccc(N2CCOCC2)cc1. The topological polar surface area (TPSA) is 50.8 Å². The van der Waals surface area contributed by atoms with E-state index < -0.39 is 6.10 Å². The smallest absolute Gasteiger partial charge is 0.261 e. The van der Waals surface area contributed by atoms with Crippen LogP contribution in [0.1, 0.15) is 18.9 Å². The zero-order valence-electron chi connectivity index (χ0n) is 15.5. The van der Waals surface area contributed by atoms with Crippen LogP contribution < -0.4 is 15.0 Å². The number of carbonyl (C=O) groups excluding carboxylic acids is 1. The molecule has 144 valence electrons. The van der Waals surface area contributed by atoms with E-state index >= 15 is 0 Å². The number of nitrogens with zero attached hydrogens (tertiary/aromatic N) is 1. The van der Waals surface area contributed by atoms with Crippen molar-refractivity contribution >= 4 is 11.6 Å². The Morgan fingerprint density at radius 3 is 2.44 bits per heavy atom. The summed E-state index contributed by atoms with van der Waals surface area (Å²) < 4.78 is 24.0. The molecular weight excluding hydrogens is 347 g/mol. The summed E-state index contributed by atoms with van der Waals surface area (Å²) >= 11 is 0. The van der Waals surface area contributed by atoms with Crippen LogP contribution >= 0.6 is 0 Å². The van der Waals surface area contributed by atoms with Crippen LogP contribution in [0.15, 0.2) is 48.5 Å². The van der Waals surface area contributed by atoms with Gasteiger partial charge in [0.25, 0.3) is 5.91 Å². The Balaban J connectivity index is 1.51. The molecule has 0 spiro atoms.